The van der Waals surface area contributed by atoms with Gasteiger partial charge in [0.25, 0.3) is 11.6 Å². The number of carbonyl (C=O) groups excluding carboxylic acids is 1. The number of hydrogen-bond donors (Lipinski definition) is 0. The Balaban J connectivity index is 2.86. The first-order valence-corrected chi connectivity index (χ1v) is 5.31. The van der Waals surface area contributed by atoms with E-state index in [1.54, 1.807) is 0 Å². The third kappa shape index (κ3) is 3.43. The van der Waals surface area contributed by atoms with Gasteiger partial charge in [-0.05, 0) is 5.56 Å². The molecule has 5 nitrogen and oxygen atoms in total. The van der Waals surface area contributed by atoms with Crippen molar-refractivity contribution in [1.82, 2.24) is 4.90 Å². The van der Waals surface area contributed by atoms with E-state index in [0.29, 0.717) is 4.90 Å². The lowest BCUT2D eigenvalue weighted by atomic mass is 10.2. The van der Waals surface area contributed by atoms with Gasteiger partial charge in [0.1, 0.15) is 0 Å². The summed E-state index contributed by atoms with van der Waals surface area (Å²) < 4.78 is 49.8. The lowest BCUT2D eigenvalue weighted by Crippen LogP contribution is -2.45. The van der Waals surface area contributed by atoms with Gasteiger partial charge in [-0.15, -0.1) is 0 Å². The fraction of sp³-hybridized carbons (Fsp3) is 0.364. The van der Waals surface area contributed by atoms with Gasteiger partial charge in [-0.25, -0.2) is 8.78 Å². The van der Waals surface area contributed by atoms with E-state index in [9.17, 15) is 32.5 Å². The quantitative estimate of drug-likeness (QED) is 0.476. The van der Waals surface area contributed by atoms with Gasteiger partial charge < -0.3 is 4.90 Å². The number of non-ortho nitro benzene ring substituents is 1. The Morgan fingerprint density at radius 2 is 2.05 bits per heavy atom. The summed E-state index contributed by atoms with van der Waals surface area (Å²) in [7, 11) is 0.914. The van der Waals surface area contributed by atoms with Crippen LogP contribution in [0.3, 0.4) is 0 Å². The van der Waals surface area contributed by atoms with Crippen molar-refractivity contribution in [3.63, 3.8) is 0 Å². The zero-order valence-electron chi connectivity index (χ0n) is 10.2. The maximum atomic E-state index is 12.9. The van der Waals surface area contributed by atoms with Crippen LogP contribution in [0.25, 0.3) is 0 Å². The number of rotatable bonds is 5. The molecule has 110 valence electrons. The molecule has 0 saturated heterocycles. The van der Waals surface area contributed by atoms with Gasteiger partial charge in [-0.3, -0.25) is 14.9 Å². The number of nitro benzene ring substituents is 1. The van der Waals surface area contributed by atoms with Gasteiger partial charge in [0.05, 0.1) is 4.92 Å². The molecule has 0 aliphatic rings. The van der Waals surface area contributed by atoms with E-state index in [1.165, 1.54) is 18.2 Å². The van der Waals surface area contributed by atoms with Crippen molar-refractivity contribution in [3.05, 3.63) is 39.9 Å². The monoisotopic (exact) mass is 294 g/mol. The molecule has 0 N–H and O–H groups in total. The van der Waals surface area contributed by atoms with Crippen molar-refractivity contribution in [2.75, 3.05) is 7.05 Å². The Morgan fingerprint density at radius 1 is 1.45 bits per heavy atom. The second kappa shape index (κ2) is 5.85. The summed E-state index contributed by atoms with van der Waals surface area (Å²) >= 11 is 0. The molecule has 0 heterocycles. The lowest BCUT2D eigenvalue weighted by molar-refractivity contribution is -0.384. The second-order valence-electron chi connectivity index (χ2n) is 4.01. The topological polar surface area (TPSA) is 63.4 Å². The number of alkyl halides is 4. The van der Waals surface area contributed by atoms with Crippen LogP contribution in [0.5, 0.6) is 0 Å². The summed E-state index contributed by atoms with van der Waals surface area (Å²) in [6, 6.07) is 4.91. The number of halogens is 4. The Labute approximate surface area is 110 Å². The number of carbonyl (C=O) groups is 1. The van der Waals surface area contributed by atoms with E-state index >= 15 is 0 Å². The van der Waals surface area contributed by atoms with Crippen LogP contribution in [0.15, 0.2) is 24.3 Å². The molecule has 0 unspecified atom stereocenters. The van der Waals surface area contributed by atoms with E-state index in [2.05, 4.69) is 0 Å². The van der Waals surface area contributed by atoms with Gasteiger partial charge in [0, 0.05) is 25.7 Å². The van der Waals surface area contributed by atoms with Gasteiger partial charge in [-0.2, -0.15) is 8.78 Å². The van der Waals surface area contributed by atoms with Crippen molar-refractivity contribution in [3.8, 4) is 0 Å². The Morgan fingerprint density at radius 3 is 2.55 bits per heavy atom. The number of nitrogens with zero attached hydrogens (tertiary/aromatic N) is 2. The maximum Gasteiger partial charge on any atom is 0.383 e. The van der Waals surface area contributed by atoms with Gasteiger partial charge in [0.15, 0.2) is 0 Å². The highest BCUT2D eigenvalue weighted by atomic mass is 19.3. The minimum Gasteiger partial charge on any atom is -0.336 e. The van der Waals surface area contributed by atoms with Crippen LogP contribution in [0.4, 0.5) is 23.2 Å². The average Bonchev–Trinajstić information content (AvgIpc) is 2.37. The molecule has 1 aromatic rings. The van der Waals surface area contributed by atoms with Crippen molar-refractivity contribution in [1.29, 1.82) is 0 Å². The fourth-order valence-corrected chi connectivity index (χ4v) is 1.46. The standard InChI is InChI=1S/C11H10F4N2O3/c1-16(10(18)11(14,15)9(12)13)6-7-3-2-4-8(5-7)17(19)20/h2-5,9H,6H2,1H3. The normalized spacial score (nSPS) is 11.5. The predicted molar refractivity (Wildman–Crippen MR) is 60.5 cm³/mol. The zero-order chi connectivity index (χ0) is 15.5. The van der Waals surface area contributed by atoms with Crippen LogP contribution in [0.1, 0.15) is 5.56 Å². The van der Waals surface area contributed by atoms with E-state index in [4.69, 9.17) is 0 Å². The molecule has 1 aromatic carbocycles. The first-order valence-electron chi connectivity index (χ1n) is 5.31. The van der Waals surface area contributed by atoms with Gasteiger partial charge in [-0.1, -0.05) is 12.1 Å². The maximum absolute atomic E-state index is 12.9. The molecule has 0 bridgehead atoms. The highest BCUT2D eigenvalue weighted by Gasteiger charge is 2.50. The molecule has 0 atom stereocenters. The van der Waals surface area contributed by atoms with Crippen molar-refractivity contribution < 1.29 is 27.3 Å². The van der Waals surface area contributed by atoms with Crippen LogP contribution in [-0.2, 0) is 11.3 Å². The smallest absolute Gasteiger partial charge is 0.336 e. The SMILES string of the molecule is CN(Cc1cccc([N+](=O)[O-])c1)C(=O)C(F)(F)C(F)F. The molecule has 0 aliphatic carbocycles. The van der Waals surface area contributed by atoms with Crippen LogP contribution < -0.4 is 0 Å². The fourth-order valence-electron chi connectivity index (χ4n) is 1.46. The molecule has 20 heavy (non-hydrogen) atoms. The first kappa shape index (κ1) is 15.9. The molecule has 0 fully saturated rings. The van der Waals surface area contributed by atoms with Crippen LogP contribution >= 0.6 is 0 Å². The molecule has 0 radical (unpaired) electrons. The number of amides is 1. The van der Waals surface area contributed by atoms with E-state index < -0.39 is 29.7 Å². The van der Waals surface area contributed by atoms with Crippen LogP contribution in [0.2, 0.25) is 0 Å². The summed E-state index contributed by atoms with van der Waals surface area (Å²) in [5.41, 5.74) is -0.107. The van der Waals surface area contributed by atoms with Crippen LogP contribution in [-0.4, -0.2) is 35.1 Å². The Kier molecular flexibility index (Phi) is 4.64. The highest BCUT2D eigenvalue weighted by Crippen LogP contribution is 2.25. The van der Waals surface area contributed by atoms with Gasteiger partial charge >= 0.3 is 12.3 Å². The number of benzene rings is 1. The number of nitro groups is 1. The molecule has 1 rings (SSSR count). The lowest BCUT2D eigenvalue weighted by Gasteiger charge is -2.22. The summed E-state index contributed by atoms with van der Waals surface area (Å²) in [6.45, 7) is -0.442. The number of hydrogen-bond acceptors (Lipinski definition) is 3. The second-order valence-corrected chi connectivity index (χ2v) is 4.01. The summed E-state index contributed by atoms with van der Waals surface area (Å²) in [6.07, 6.45) is -4.11. The summed E-state index contributed by atoms with van der Waals surface area (Å²) in [5.74, 6) is -6.82. The Bertz CT molecular complexity index is 522. The molecular weight excluding hydrogens is 284 g/mol. The summed E-state index contributed by atoms with van der Waals surface area (Å²) in [5, 5.41) is 10.5. The van der Waals surface area contributed by atoms with E-state index in [1.807, 2.05) is 0 Å². The molecular formula is C11H10F4N2O3. The van der Waals surface area contributed by atoms with Crippen molar-refractivity contribution >= 4 is 11.6 Å². The van der Waals surface area contributed by atoms with Crippen molar-refractivity contribution in [2.45, 2.75) is 18.9 Å². The largest absolute Gasteiger partial charge is 0.383 e. The third-order valence-corrected chi connectivity index (χ3v) is 2.45. The molecule has 9 heteroatoms. The average molecular weight is 294 g/mol. The van der Waals surface area contributed by atoms with Crippen molar-refractivity contribution in [2.24, 2.45) is 0 Å². The molecule has 0 aromatic heterocycles. The predicted octanol–water partition coefficient (Wildman–Crippen LogP) is 2.45. The molecule has 1 amide bonds. The van der Waals surface area contributed by atoms with Crippen LogP contribution in [0, 0.1) is 10.1 Å². The highest BCUT2D eigenvalue weighted by molar-refractivity contribution is 5.83. The minimum absolute atomic E-state index is 0.181. The van der Waals surface area contributed by atoms with E-state index in [0.717, 1.165) is 13.1 Å². The van der Waals surface area contributed by atoms with Gasteiger partial charge in [0.2, 0.25) is 0 Å². The van der Waals surface area contributed by atoms with E-state index in [-0.39, 0.29) is 11.3 Å². The third-order valence-electron chi connectivity index (χ3n) is 2.45. The zero-order valence-corrected chi connectivity index (χ0v) is 10.2. The minimum atomic E-state index is -4.78. The summed E-state index contributed by atoms with van der Waals surface area (Å²) in [4.78, 5) is 21.4. The molecule has 0 aliphatic heterocycles. The first-order chi connectivity index (χ1) is 9.16. The molecule has 0 spiro atoms. The molecule has 0 saturated carbocycles. The Hall–Kier alpha value is -2.19.